The van der Waals surface area contributed by atoms with Gasteiger partial charge in [0.1, 0.15) is 11.6 Å². The van der Waals surface area contributed by atoms with E-state index in [1.165, 1.54) is 48.5 Å². The predicted molar refractivity (Wildman–Crippen MR) is 97.0 cm³/mol. The number of hydrogen-bond acceptors (Lipinski definition) is 4. The first kappa shape index (κ1) is 19.9. The van der Waals surface area contributed by atoms with E-state index in [9.17, 15) is 17.6 Å². The van der Waals surface area contributed by atoms with Gasteiger partial charge in [0.25, 0.3) is 5.91 Å². The van der Waals surface area contributed by atoms with Gasteiger partial charge in [0, 0.05) is 11.7 Å². The van der Waals surface area contributed by atoms with Crippen molar-refractivity contribution in [1.29, 1.82) is 0 Å². The minimum atomic E-state index is -3.58. The molecular weight excluding hydrogens is 359 g/mol. The van der Waals surface area contributed by atoms with Gasteiger partial charge in [-0.1, -0.05) is 6.92 Å². The van der Waals surface area contributed by atoms with Crippen molar-refractivity contribution >= 4 is 21.6 Å². The van der Waals surface area contributed by atoms with Gasteiger partial charge in [0.05, 0.1) is 4.90 Å². The molecule has 2 rings (SSSR count). The maximum absolute atomic E-state index is 12.8. The smallest absolute Gasteiger partial charge is 0.262 e. The van der Waals surface area contributed by atoms with Crippen LogP contribution in [-0.4, -0.2) is 27.0 Å². The standard InChI is InChI=1S/C18H21FN2O4S/c1-3-13(2)21-26(23,24)17-10-8-16(9-11-17)25-12-18(22)20-15-6-4-14(19)5-7-15/h4-11,13,21H,3,12H2,1-2H3,(H,20,22)/t13-/m0/s1. The zero-order valence-electron chi connectivity index (χ0n) is 14.5. The van der Waals surface area contributed by atoms with E-state index in [1.54, 1.807) is 6.92 Å². The van der Waals surface area contributed by atoms with E-state index in [4.69, 9.17) is 4.74 Å². The van der Waals surface area contributed by atoms with Crippen molar-refractivity contribution in [2.45, 2.75) is 31.2 Å². The number of benzene rings is 2. The fourth-order valence-electron chi connectivity index (χ4n) is 2.01. The molecular formula is C18H21FN2O4S. The Morgan fingerprint density at radius 1 is 1.12 bits per heavy atom. The summed E-state index contributed by atoms with van der Waals surface area (Å²) in [5, 5.41) is 2.57. The molecule has 0 saturated carbocycles. The SMILES string of the molecule is CC[C@H](C)NS(=O)(=O)c1ccc(OCC(=O)Nc2ccc(F)cc2)cc1. The molecule has 0 aliphatic rings. The average molecular weight is 380 g/mol. The Balaban J connectivity index is 1.90. The first-order chi connectivity index (χ1) is 12.3. The second-order valence-electron chi connectivity index (χ2n) is 5.75. The molecule has 0 aliphatic carbocycles. The van der Waals surface area contributed by atoms with E-state index in [1.807, 2.05) is 6.92 Å². The number of carbonyl (C=O) groups is 1. The number of ether oxygens (including phenoxy) is 1. The topological polar surface area (TPSA) is 84.5 Å². The lowest BCUT2D eigenvalue weighted by molar-refractivity contribution is -0.118. The number of hydrogen-bond donors (Lipinski definition) is 2. The Morgan fingerprint density at radius 3 is 2.31 bits per heavy atom. The van der Waals surface area contributed by atoms with Crippen LogP contribution in [0.2, 0.25) is 0 Å². The van der Waals surface area contributed by atoms with Crippen LogP contribution in [0.4, 0.5) is 10.1 Å². The minimum Gasteiger partial charge on any atom is -0.484 e. The van der Waals surface area contributed by atoms with E-state index in [-0.39, 0.29) is 17.5 Å². The van der Waals surface area contributed by atoms with Crippen LogP contribution in [0.3, 0.4) is 0 Å². The van der Waals surface area contributed by atoms with Crippen molar-refractivity contribution < 1.29 is 22.3 Å². The van der Waals surface area contributed by atoms with Crippen LogP contribution in [0.25, 0.3) is 0 Å². The quantitative estimate of drug-likeness (QED) is 0.737. The lowest BCUT2D eigenvalue weighted by Crippen LogP contribution is -2.31. The molecule has 26 heavy (non-hydrogen) atoms. The highest BCUT2D eigenvalue weighted by Gasteiger charge is 2.16. The van der Waals surface area contributed by atoms with Gasteiger partial charge in [-0.25, -0.2) is 17.5 Å². The molecule has 2 N–H and O–H groups in total. The molecule has 1 amide bonds. The highest BCUT2D eigenvalue weighted by molar-refractivity contribution is 7.89. The number of nitrogens with one attached hydrogen (secondary N) is 2. The molecule has 0 aliphatic heterocycles. The van der Waals surface area contributed by atoms with Crippen molar-refractivity contribution in [3.8, 4) is 5.75 Å². The summed E-state index contributed by atoms with van der Waals surface area (Å²) in [5.74, 6) is -0.439. The molecule has 2 aromatic rings. The third-order valence-electron chi connectivity index (χ3n) is 3.60. The third-order valence-corrected chi connectivity index (χ3v) is 5.21. The van der Waals surface area contributed by atoms with Crippen LogP contribution >= 0.6 is 0 Å². The summed E-state index contributed by atoms with van der Waals surface area (Å²) in [6, 6.07) is 11.0. The number of sulfonamides is 1. The van der Waals surface area contributed by atoms with E-state index < -0.39 is 21.7 Å². The molecule has 2 aromatic carbocycles. The summed E-state index contributed by atoms with van der Waals surface area (Å²) in [7, 11) is -3.58. The van der Waals surface area contributed by atoms with Gasteiger partial charge in [-0.05, 0) is 61.9 Å². The normalized spacial score (nSPS) is 12.4. The molecule has 0 spiro atoms. The monoisotopic (exact) mass is 380 g/mol. The van der Waals surface area contributed by atoms with Gasteiger partial charge in [0.15, 0.2) is 6.61 Å². The number of amides is 1. The van der Waals surface area contributed by atoms with Gasteiger partial charge in [-0.3, -0.25) is 4.79 Å². The molecule has 140 valence electrons. The largest absolute Gasteiger partial charge is 0.484 e. The zero-order valence-corrected chi connectivity index (χ0v) is 15.3. The van der Waals surface area contributed by atoms with Crippen LogP contribution in [0, 0.1) is 5.82 Å². The molecule has 0 heterocycles. The predicted octanol–water partition coefficient (Wildman–Crippen LogP) is 2.92. The maximum Gasteiger partial charge on any atom is 0.262 e. The zero-order chi connectivity index (χ0) is 19.2. The summed E-state index contributed by atoms with van der Waals surface area (Å²) in [5.41, 5.74) is 0.456. The number of carbonyl (C=O) groups excluding carboxylic acids is 1. The molecule has 0 aromatic heterocycles. The van der Waals surface area contributed by atoms with E-state index in [0.29, 0.717) is 17.9 Å². The van der Waals surface area contributed by atoms with Crippen molar-refractivity contribution in [3.63, 3.8) is 0 Å². The molecule has 0 bridgehead atoms. The first-order valence-electron chi connectivity index (χ1n) is 8.11. The summed E-state index contributed by atoms with van der Waals surface area (Å²) in [4.78, 5) is 11.9. The van der Waals surface area contributed by atoms with Gasteiger partial charge >= 0.3 is 0 Å². The summed E-state index contributed by atoms with van der Waals surface area (Å²) < 4.78 is 45.0. The van der Waals surface area contributed by atoms with Crippen LogP contribution in [-0.2, 0) is 14.8 Å². The van der Waals surface area contributed by atoms with E-state index >= 15 is 0 Å². The minimum absolute atomic E-state index is 0.126. The lowest BCUT2D eigenvalue weighted by Gasteiger charge is -2.12. The van der Waals surface area contributed by atoms with Crippen LogP contribution < -0.4 is 14.8 Å². The second kappa shape index (κ2) is 8.77. The molecule has 0 unspecified atom stereocenters. The Bertz CT molecular complexity index is 836. The van der Waals surface area contributed by atoms with Crippen LogP contribution in [0.5, 0.6) is 5.75 Å². The first-order valence-corrected chi connectivity index (χ1v) is 9.59. The van der Waals surface area contributed by atoms with E-state index in [2.05, 4.69) is 10.0 Å². The van der Waals surface area contributed by atoms with Gasteiger partial charge in [-0.2, -0.15) is 0 Å². The highest BCUT2D eigenvalue weighted by atomic mass is 32.2. The Kier molecular flexibility index (Phi) is 6.70. The van der Waals surface area contributed by atoms with Crippen molar-refractivity contribution in [3.05, 3.63) is 54.3 Å². The third kappa shape index (κ3) is 5.82. The van der Waals surface area contributed by atoms with Crippen LogP contribution in [0.15, 0.2) is 53.4 Å². The average Bonchev–Trinajstić information content (AvgIpc) is 2.62. The van der Waals surface area contributed by atoms with Gasteiger partial charge in [-0.15, -0.1) is 0 Å². The number of rotatable bonds is 8. The number of halogens is 1. The summed E-state index contributed by atoms with van der Waals surface area (Å²) >= 11 is 0. The van der Waals surface area contributed by atoms with Crippen molar-refractivity contribution in [2.24, 2.45) is 0 Å². The molecule has 6 nitrogen and oxygen atoms in total. The fourth-order valence-corrected chi connectivity index (χ4v) is 3.34. The number of anilines is 1. The maximum atomic E-state index is 12.8. The lowest BCUT2D eigenvalue weighted by atomic mass is 10.3. The highest BCUT2D eigenvalue weighted by Crippen LogP contribution is 2.16. The van der Waals surface area contributed by atoms with Gasteiger partial charge in [0.2, 0.25) is 10.0 Å². The molecule has 1 atom stereocenters. The summed E-state index contributed by atoms with van der Waals surface area (Å²) in [6.45, 7) is 3.42. The Morgan fingerprint density at radius 2 is 1.73 bits per heavy atom. The molecule has 0 radical (unpaired) electrons. The fraction of sp³-hybridized carbons (Fsp3) is 0.278. The Hall–Kier alpha value is -2.45. The Labute approximate surface area is 152 Å². The molecule has 8 heteroatoms. The van der Waals surface area contributed by atoms with Crippen LogP contribution in [0.1, 0.15) is 20.3 Å². The van der Waals surface area contributed by atoms with E-state index in [0.717, 1.165) is 0 Å². The summed E-state index contributed by atoms with van der Waals surface area (Å²) in [6.07, 6.45) is 0.684. The van der Waals surface area contributed by atoms with Gasteiger partial charge < -0.3 is 10.1 Å². The van der Waals surface area contributed by atoms with Crippen molar-refractivity contribution in [1.82, 2.24) is 4.72 Å². The molecule has 0 saturated heterocycles. The molecule has 0 fully saturated rings. The van der Waals surface area contributed by atoms with Crippen molar-refractivity contribution in [2.75, 3.05) is 11.9 Å². The second-order valence-corrected chi connectivity index (χ2v) is 7.46.